The van der Waals surface area contributed by atoms with Gasteiger partial charge in [-0.1, -0.05) is 78.9 Å². The summed E-state index contributed by atoms with van der Waals surface area (Å²) in [5.41, 5.74) is 3.76. The van der Waals surface area contributed by atoms with Crippen molar-refractivity contribution in [3.63, 3.8) is 0 Å². The first kappa shape index (κ1) is 17.9. The Bertz CT molecular complexity index is 926. The summed E-state index contributed by atoms with van der Waals surface area (Å²) < 4.78 is 5.93. The van der Waals surface area contributed by atoms with Crippen molar-refractivity contribution in [2.45, 2.75) is 13.1 Å². The van der Waals surface area contributed by atoms with Crippen LogP contribution < -0.4 is 9.64 Å². The molecule has 0 saturated carbocycles. The smallest absolute Gasteiger partial charge is 0.127 e. The molecule has 0 N–H and O–H groups in total. The van der Waals surface area contributed by atoms with E-state index in [1.165, 1.54) is 16.8 Å². The van der Waals surface area contributed by atoms with E-state index in [2.05, 4.69) is 77.7 Å². The van der Waals surface area contributed by atoms with E-state index in [1.54, 1.807) is 0 Å². The van der Waals surface area contributed by atoms with Crippen LogP contribution >= 0.6 is 0 Å². The molecule has 0 aliphatic carbocycles. The molecule has 0 fully saturated rings. The quantitative estimate of drug-likeness (QED) is 0.362. The lowest BCUT2D eigenvalue weighted by Gasteiger charge is -2.25. The predicted molar refractivity (Wildman–Crippen MR) is 116 cm³/mol. The van der Waals surface area contributed by atoms with Crippen molar-refractivity contribution in [1.29, 1.82) is 0 Å². The first-order chi connectivity index (χ1) is 13.9. The van der Waals surface area contributed by atoms with E-state index in [0.717, 1.165) is 24.6 Å². The van der Waals surface area contributed by atoms with Gasteiger partial charge in [0.15, 0.2) is 0 Å². The number of hydrogen-bond acceptors (Lipinski definition) is 2. The topological polar surface area (TPSA) is 12.5 Å². The molecular weight excluding hydrogens is 342 g/mol. The normalized spacial score (nSPS) is 10.4. The van der Waals surface area contributed by atoms with Gasteiger partial charge in [-0.15, -0.1) is 0 Å². The molecule has 4 aromatic rings. The van der Waals surface area contributed by atoms with Crippen molar-refractivity contribution >= 4 is 5.69 Å². The average molecular weight is 365 g/mol. The van der Waals surface area contributed by atoms with Crippen LogP contribution in [0.5, 0.6) is 11.5 Å². The van der Waals surface area contributed by atoms with Crippen LogP contribution in [-0.2, 0) is 13.1 Å². The lowest BCUT2D eigenvalue weighted by molar-refractivity contribution is 0.482. The Morgan fingerprint density at radius 1 is 0.464 bits per heavy atom. The summed E-state index contributed by atoms with van der Waals surface area (Å²) in [6.07, 6.45) is 0. The predicted octanol–water partition coefficient (Wildman–Crippen LogP) is 6.69. The molecule has 28 heavy (non-hydrogen) atoms. The SMILES string of the molecule is c1ccc(CN(Cc2ccccc2)c2ccc(Oc3ccccc3)cc2)cc1. The van der Waals surface area contributed by atoms with Gasteiger partial charge in [0.1, 0.15) is 11.5 Å². The zero-order valence-electron chi connectivity index (χ0n) is 15.7. The maximum absolute atomic E-state index is 5.93. The summed E-state index contributed by atoms with van der Waals surface area (Å²) in [6, 6.07) is 39.4. The van der Waals surface area contributed by atoms with Gasteiger partial charge in [-0.25, -0.2) is 0 Å². The second-order valence-electron chi connectivity index (χ2n) is 6.74. The number of benzene rings is 4. The van der Waals surface area contributed by atoms with E-state index in [9.17, 15) is 0 Å². The van der Waals surface area contributed by atoms with Gasteiger partial charge in [-0.05, 0) is 47.5 Å². The molecule has 0 aromatic heterocycles. The fourth-order valence-electron chi connectivity index (χ4n) is 3.20. The minimum atomic E-state index is 0.842. The highest BCUT2D eigenvalue weighted by molar-refractivity contribution is 5.50. The molecule has 0 amide bonds. The summed E-state index contributed by atoms with van der Waals surface area (Å²) in [5, 5.41) is 0. The average Bonchev–Trinajstić information content (AvgIpc) is 2.76. The Labute approximate surface area is 166 Å². The van der Waals surface area contributed by atoms with Gasteiger partial charge >= 0.3 is 0 Å². The first-order valence-corrected chi connectivity index (χ1v) is 9.52. The Morgan fingerprint density at radius 3 is 1.39 bits per heavy atom. The Balaban J connectivity index is 1.54. The van der Waals surface area contributed by atoms with Crippen LogP contribution in [0.2, 0.25) is 0 Å². The van der Waals surface area contributed by atoms with Gasteiger partial charge in [-0.3, -0.25) is 0 Å². The second kappa shape index (κ2) is 8.92. The third kappa shape index (κ3) is 4.80. The van der Waals surface area contributed by atoms with E-state index in [0.29, 0.717) is 0 Å². The summed E-state index contributed by atoms with van der Waals surface area (Å²) in [5.74, 6) is 1.69. The van der Waals surface area contributed by atoms with E-state index in [-0.39, 0.29) is 0 Å². The van der Waals surface area contributed by atoms with Gasteiger partial charge in [0.2, 0.25) is 0 Å². The molecule has 4 aromatic carbocycles. The number of ether oxygens (including phenoxy) is 1. The standard InChI is InChI=1S/C26H23NO/c1-4-10-22(11-5-1)20-27(21-23-12-6-2-7-13-23)24-16-18-26(19-17-24)28-25-14-8-3-9-15-25/h1-19H,20-21H2. The molecule has 0 bridgehead atoms. The van der Waals surface area contributed by atoms with Crippen LogP contribution in [0.15, 0.2) is 115 Å². The number of anilines is 1. The van der Waals surface area contributed by atoms with Gasteiger partial charge in [-0.2, -0.15) is 0 Å². The summed E-state index contributed by atoms with van der Waals surface area (Å²) >= 11 is 0. The van der Waals surface area contributed by atoms with Gasteiger partial charge in [0, 0.05) is 18.8 Å². The van der Waals surface area contributed by atoms with E-state index >= 15 is 0 Å². The molecule has 0 atom stereocenters. The molecule has 4 rings (SSSR count). The van der Waals surface area contributed by atoms with Crippen molar-refractivity contribution in [2.75, 3.05) is 4.90 Å². The fraction of sp³-hybridized carbons (Fsp3) is 0.0769. The fourth-order valence-corrected chi connectivity index (χ4v) is 3.20. The van der Waals surface area contributed by atoms with Crippen LogP contribution in [0, 0.1) is 0 Å². The minimum Gasteiger partial charge on any atom is -0.457 e. The Hall–Kier alpha value is -3.52. The van der Waals surface area contributed by atoms with Crippen LogP contribution in [0.3, 0.4) is 0 Å². The van der Waals surface area contributed by atoms with Crippen LogP contribution in [0.1, 0.15) is 11.1 Å². The molecule has 0 heterocycles. The van der Waals surface area contributed by atoms with Crippen LogP contribution in [0.25, 0.3) is 0 Å². The zero-order chi connectivity index (χ0) is 19.0. The lowest BCUT2D eigenvalue weighted by atomic mass is 10.1. The molecule has 0 radical (unpaired) electrons. The molecule has 138 valence electrons. The van der Waals surface area contributed by atoms with E-state index in [1.807, 2.05) is 42.5 Å². The highest BCUT2D eigenvalue weighted by atomic mass is 16.5. The molecule has 2 heteroatoms. The number of hydrogen-bond donors (Lipinski definition) is 0. The zero-order valence-corrected chi connectivity index (χ0v) is 15.7. The van der Waals surface area contributed by atoms with Crippen LogP contribution in [-0.4, -0.2) is 0 Å². The summed E-state index contributed by atoms with van der Waals surface area (Å²) in [7, 11) is 0. The number of rotatable bonds is 7. The third-order valence-corrected chi connectivity index (χ3v) is 4.61. The second-order valence-corrected chi connectivity index (χ2v) is 6.74. The molecular formula is C26H23NO. The van der Waals surface area contributed by atoms with Gasteiger partial charge in [0.25, 0.3) is 0 Å². The molecule has 0 spiro atoms. The molecule has 0 aliphatic heterocycles. The summed E-state index contributed by atoms with van der Waals surface area (Å²) in [6.45, 7) is 1.71. The highest BCUT2D eigenvalue weighted by Crippen LogP contribution is 2.26. The maximum atomic E-state index is 5.93. The summed E-state index contributed by atoms with van der Waals surface area (Å²) in [4.78, 5) is 2.39. The molecule has 0 aliphatic rings. The largest absolute Gasteiger partial charge is 0.457 e. The van der Waals surface area contributed by atoms with Gasteiger partial charge < -0.3 is 9.64 Å². The van der Waals surface area contributed by atoms with Crippen molar-refractivity contribution in [3.8, 4) is 11.5 Å². The molecule has 0 saturated heterocycles. The molecule has 2 nitrogen and oxygen atoms in total. The maximum Gasteiger partial charge on any atom is 0.127 e. The Morgan fingerprint density at radius 2 is 0.893 bits per heavy atom. The first-order valence-electron chi connectivity index (χ1n) is 9.52. The molecule has 0 unspecified atom stereocenters. The Kier molecular flexibility index (Phi) is 5.69. The van der Waals surface area contributed by atoms with Crippen LogP contribution in [0.4, 0.5) is 5.69 Å². The van der Waals surface area contributed by atoms with Crippen molar-refractivity contribution in [3.05, 3.63) is 126 Å². The highest BCUT2D eigenvalue weighted by Gasteiger charge is 2.09. The minimum absolute atomic E-state index is 0.842. The van der Waals surface area contributed by atoms with E-state index < -0.39 is 0 Å². The number of para-hydroxylation sites is 1. The third-order valence-electron chi connectivity index (χ3n) is 4.61. The van der Waals surface area contributed by atoms with Crippen molar-refractivity contribution in [2.24, 2.45) is 0 Å². The number of nitrogens with zero attached hydrogens (tertiary/aromatic N) is 1. The monoisotopic (exact) mass is 365 g/mol. The van der Waals surface area contributed by atoms with Crippen molar-refractivity contribution in [1.82, 2.24) is 0 Å². The van der Waals surface area contributed by atoms with Gasteiger partial charge in [0.05, 0.1) is 0 Å². The van der Waals surface area contributed by atoms with E-state index in [4.69, 9.17) is 4.74 Å². The lowest BCUT2D eigenvalue weighted by Crippen LogP contribution is -2.22. The van der Waals surface area contributed by atoms with Crippen molar-refractivity contribution < 1.29 is 4.74 Å².